The summed E-state index contributed by atoms with van der Waals surface area (Å²) in [5.41, 5.74) is 6.03. The molecule has 0 saturated carbocycles. The van der Waals surface area contributed by atoms with Crippen molar-refractivity contribution in [2.75, 3.05) is 13.1 Å². The molecule has 2 rings (SSSR count). The molecule has 2 N–H and O–H groups in total. The van der Waals surface area contributed by atoms with Gasteiger partial charge in [-0.05, 0) is 36.5 Å². The highest BCUT2D eigenvalue weighted by Crippen LogP contribution is 2.27. The van der Waals surface area contributed by atoms with Crippen LogP contribution in [0.2, 0.25) is 0 Å². The van der Waals surface area contributed by atoms with Gasteiger partial charge in [0.05, 0.1) is 0 Å². The maximum absolute atomic E-state index is 14.0. The third-order valence-electron chi connectivity index (χ3n) is 4.12. The average molecular weight is 314 g/mol. The van der Waals surface area contributed by atoms with Crippen LogP contribution in [-0.2, 0) is 16.6 Å². The highest BCUT2D eigenvalue weighted by atomic mass is 32.2. The summed E-state index contributed by atoms with van der Waals surface area (Å²) >= 11 is 0. The van der Waals surface area contributed by atoms with Crippen LogP contribution in [0.4, 0.5) is 4.39 Å². The smallest absolute Gasteiger partial charge is 0.245 e. The first-order valence-corrected chi connectivity index (χ1v) is 8.91. The minimum absolute atomic E-state index is 0.194. The van der Waals surface area contributed by atoms with E-state index in [1.54, 1.807) is 6.07 Å². The third kappa shape index (κ3) is 3.62. The summed E-state index contributed by atoms with van der Waals surface area (Å²) in [6, 6.07) is 4.10. The molecule has 0 aliphatic carbocycles. The maximum atomic E-state index is 14.0. The maximum Gasteiger partial charge on any atom is 0.245 e. The number of halogens is 1. The second-order valence-electron chi connectivity index (χ2n) is 5.61. The molecule has 0 spiro atoms. The van der Waals surface area contributed by atoms with Gasteiger partial charge < -0.3 is 5.73 Å². The van der Waals surface area contributed by atoms with E-state index in [2.05, 4.69) is 6.92 Å². The van der Waals surface area contributed by atoms with E-state index in [1.165, 1.54) is 16.4 Å². The summed E-state index contributed by atoms with van der Waals surface area (Å²) in [4.78, 5) is -0.242. The fourth-order valence-electron chi connectivity index (χ4n) is 2.87. The van der Waals surface area contributed by atoms with Crippen molar-refractivity contribution < 1.29 is 12.8 Å². The van der Waals surface area contributed by atoms with Crippen LogP contribution in [0.3, 0.4) is 0 Å². The van der Waals surface area contributed by atoms with Gasteiger partial charge in [-0.3, -0.25) is 0 Å². The molecule has 4 nitrogen and oxygen atoms in total. The van der Waals surface area contributed by atoms with Crippen molar-refractivity contribution in [1.82, 2.24) is 4.31 Å². The van der Waals surface area contributed by atoms with Crippen LogP contribution in [0.5, 0.6) is 0 Å². The van der Waals surface area contributed by atoms with Gasteiger partial charge in [-0.15, -0.1) is 0 Å². The first-order valence-electron chi connectivity index (χ1n) is 7.47. The average Bonchev–Trinajstić information content (AvgIpc) is 2.47. The minimum Gasteiger partial charge on any atom is -0.326 e. The van der Waals surface area contributed by atoms with E-state index in [4.69, 9.17) is 5.73 Å². The molecule has 0 unspecified atom stereocenters. The molecule has 6 heteroatoms. The molecule has 118 valence electrons. The molecule has 1 aromatic carbocycles. The number of hydrogen-bond acceptors (Lipinski definition) is 3. The molecule has 21 heavy (non-hydrogen) atoms. The van der Waals surface area contributed by atoms with E-state index in [0.717, 1.165) is 25.7 Å². The van der Waals surface area contributed by atoms with Gasteiger partial charge in [0.15, 0.2) is 0 Å². The molecule has 0 aromatic heterocycles. The van der Waals surface area contributed by atoms with Crippen LogP contribution in [0, 0.1) is 11.7 Å². The summed E-state index contributed by atoms with van der Waals surface area (Å²) < 4.78 is 40.5. The molecule has 1 aliphatic rings. The van der Waals surface area contributed by atoms with Gasteiger partial charge in [-0.25, -0.2) is 12.8 Å². The first kappa shape index (κ1) is 16.4. The predicted octanol–water partition coefficient (Wildman–Crippen LogP) is 2.49. The second-order valence-corrected chi connectivity index (χ2v) is 7.51. The van der Waals surface area contributed by atoms with Gasteiger partial charge in [-0.2, -0.15) is 4.31 Å². The standard InChI is InChI=1S/C15H23FN2O2S/c1-2-3-12-6-8-18(9-7-12)21(19,20)15-5-4-13(11-17)10-14(15)16/h4-5,10,12H,2-3,6-9,11,17H2,1H3. The quantitative estimate of drug-likeness (QED) is 0.908. The molecule has 1 heterocycles. The Kier molecular flexibility index (Phi) is 5.35. The fourth-order valence-corrected chi connectivity index (χ4v) is 4.38. The number of benzene rings is 1. The Hall–Kier alpha value is -0.980. The van der Waals surface area contributed by atoms with Crippen molar-refractivity contribution in [2.45, 2.75) is 44.0 Å². The lowest BCUT2D eigenvalue weighted by atomic mass is 9.94. The normalized spacial score (nSPS) is 18.0. The molecule has 0 atom stereocenters. The molecule has 1 saturated heterocycles. The van der Waals surface area contributed by atoms with Crippen LogP contribution >= 0.6 is 0 Å². The topological polar surface area (TPSA) is 63.4 Å². The van der Waals surface area contributed by atoms with E-state index < -0.39 is 15.8 Å². The van der Waals surface area contributed by atoms with Gasteiger partial charge in [0.2, 0.25) is 10.0 Å². The Bertz CT molecular complexity index is 581. The highest BCUT2D eigenvalue weighted by Gasteiger charge is 2.31. The molecule has 1 aromatic rings. The summed E-state index contributed by atoms with van der Waals surface area (Å²) in [6.07, 6.45) is 3.96. The number of hydrogen-bond donors (Lipinski definition) is 1. The Balaban J connectivity index is 2.16. The van der Waals surface area contributed by atoms with Crippen LogP contribution in [0.1, 0.15) is 38.2 Å². The molecular formula is C15H23FN2O2S. The van der Waals surface area contributed by atoms with Crippen molar-refractivity contribution in [3.63, 3.8) is 0 Å². The first-order chi connectivity index (χ1) is 9.98. The van der Waals surface area contributed by atoms with E-state index in [0.29, 0.717) is 24.6 Å². The Morgan fingerprint density at radius 3 is 2.52 bits per heavy atom. The molecule has 1 fully saturated rings. The van der Waals surface area contributed by atoms with Crippen molar-refractivity contribution >= 4 is 10.0 Å². The van der Waals surface area contributed by atoms with Crippen LogP contribution < -0.4 is 5.73 Å². The number of rotatable bonds is 5. The molecular weight excluding hydrogens is 291 g/mol. The zero-order chi connectivity index (χ0) is 15.5. The van der Waals surface area contributed by atoms with Crippen LogP contribution in [-0.4, -0.2) is 25.8 Å². The van der Waals surface area contributed by atoms with E-state index in [9.17, 15) is 12.8 Å². The summed E-state index contributed by atoms with van der Waals surface area (Å²) in [5.74, 6) is -0.125. The molecule has 0 amide bonds. The second kappa shape index (κ2) is 6.85. The predicted molar refractivity (Wildman–Crippen MR) is 80.7 cm³/mol. The summed E-state index contributed by atoms with van der Waals surface area (Å²) in [7, 11) is -3.74. The van der Waals surface area contributed by atoms with Gasteiger partial charge in [-0.1, -0.05) is 25.8 Å². The number of piperidine rings is 1. The third-order valence-corrected chi connectivity index (χ3v) is 6.05. The summed E-state index contributed by atoms with van der Waals surface area (Å²) in [5, 5.41) is 0. The number of nitrogens with two attached hydrogens (primary N) is 1. The van der Waals surface area contributed by atoms with Gasteiger partial charge in [0.25, 0.3) is 0 Å². The SMILES string of the molecule is CCCC1CCN(S(=O)(=O)c2ccc(CN)cc2F)CC1. The van der Waals surface area contributed by atoms with Crippen molar-refractivity contribution in [3.05, 3.63) is 29.6 Å². The van der Waals surface area contributed by atoms with Crippen molar-refractivity contribution in [1.29, 1.82) is 0 Å². The fraction of sp³-hybridized carbons (Fsp3) is 0.600. The molecule has 0 radical (unpaired) electrons. The van der Waals surface area contributed by atoms with Gasteiger partial charge >= 0.3 is 0 Å². The number of sulfonamides is 1. The van der Waals surface area contributed by atoms with Crippen LogP contribution in [0.25, 0.3) is 0 Å². The van der Waals surface area contributed by atoms with Crippen molar-refractivity contribution in [2.24, 2.45) is 11.7 Å². The molecule has 1 aliphatic heterocycles. The number of nitrogens with zero attached hydrogens (tertiary/aromatic N) is 1. The zero-order valence-corrected chi connectivity index (χ0v) is 13.2. The summed E-state index contributed by atoms with van der Waals surface area (Å²) in [6.45, 7) is 3.29. The van der Waals surface area contributed by atoms with Gasteiger partial charge in [0.1, 0.15) is 10.7 Å². The zero-order valence-electron chi connectivity index (χ0n) is 12.4. The Labute approximate surface area is 126 Å². The van der Waals surface area contributed by atoms with Crippen molar-refractivity contribution in [3.8, 4) is 0 Å². The lowest BCUT2D eigenvalue weighted by Gasteiger charge is -2.31. The van der Waals surface area contributed by atoms with E-state index >= 15 is 0 Å². The lowest BCUT2D eigenvalue weighted by Crippen LogP contribution is -2.38. The Morgan fingerprint density at radius 2 is 2.00 bits per heavy atom. The van der Waals surface area contributed by atoms with Crippen LogP contribution in [0.15, 0.2) is 23.1 Å². The largest absolute Gasteiger partial charge is 0.326 e. The Morgan fingerprint density at radius 1 is 1.33 bits per heavy atom. The molecule has 0 bridgehead atoms. The lowest BCUT2D eigenvalue weighted by molar-refractivity contribution is 0.262. The monoisotopic (exact) mass is 314 g/mol. The minimum atomic E-state index is -3.74. The van der Waals surface area contributed by atoms with E-state index in [1.807, 2.05) is 0 Å². The highest BCUT2D eigenvalue weighted by molar-refractivity contribution is 7.89. The van der Waals surface area contributed by atoms with E-state index in [-0.39, 0.29) is 11.4 Å². The van der Waals surface area contributed by atoms with Gasteiger partial charge in [0, 0.05) is 19.6 Å².